The number of urea groups is 1. The molecule has 0 saturated carbocycles. The summed E-state index contributed by atoms with van der Waals surface area (Å²) < 4.78 is 4.84. The first-order valence-corrected chi connectivity index (χ1v) is 20.2. The highest BCUT2D eigenvalue weighted by Crippen LogP contribution is 2.29. The van der Waals surface area contributed by atoms with E-state index in [2.05, 4.69) is 25.9 Å². The summed E-state index contributed by atoms with van der Waals surface area (Å²) in [5.74, 6) is -0.820. The zero-order valence-corrected chi connectivity index (χ0v) is 35.2. The molecule has 13 nitrogen and oxygen atoms in total. The number of aliphatic hydroxyl groups excluding tert-OH is 1. The van der Waals surface area contributed by atoms with E-state index in [0.717, 1.165) is 27.9 Å². The maximum absolute atomic E-state index is 14.6. The molecule has 0 aliphatic carbocycles. The molecule has 5 atom stereocenters. The van der Waals surface area contributed by atoms with Crippen LogP contribution in [0, 0.1) is 10.8 Å². The molecule has 4 aromatic rings. The molecule has 59 heavy (non-hydrogen) atoms. The van der Waals surface area contributed by atoms with Crippen LogP contribution in [0.1, 0.15) is 64.7 Å². The smallest absolute Gasteiger partial charge is 0.407 e. The van der Waals surface area contributed by atoms with Crippen LogP contribution >= 0.6 is 0 Å². The first-order chi connectivity index (χ1) is 28.0. The molecule has 1 fully saturated rings. The van der Waals surface area contributed by atoms with Gasteiger partial charge in [-0.15, -0.1) is 0 Å². The van der Waals surface area contributed by atoms with Crippen molar-refractivity contribution in [3.05, 3.63) is 120 Å². The first-order valence-electron chi connectivity index (χ1n) is 20.2. The van der Waals surface area contributed by atoms with E-state index in [4.69, 9.17) is 4.74 Å². The number of nitrogens with one attached hydrogen (secondary N) is 3. The molecule has 1 aliphatic heterocycles. The van der Waals surface area contributed by atoms with Crippen molar-refractivity contribution in [2.24, 2.45) is 10.8 Å². The van der Waals surface area contributed by atoms with Gasteiger partial charge in [-0.05, 0) is 65.0 Å². The molecule has 4 N–H and O–H groups in total. The molecule has 0 bridgehead atoms. The Hall–Kier alpha value is -5.82. The monoisotopic (exact) mass is 805 g/mol. The fourth-order valence-electron chi connectivity index (χ4n) is 7.53. The molecule has 13 heteroatoms. The molecule has 1 saturated heterocycles. The first kappa shape index (κ1) is 44.3. The number of methoxy groups -OCH3 is 1. The van der Waals surface area contributed by atoms with Gasteiger partial charge in [-0.1, -0.05) is 108 Å². The second-order valence-corrected chi connectivity index (χ2v) is 17.4. The Morgan fingerprint density at radius 3 is 2.05 bits per heavy atom. The average Bonchev–Trinajstić information content (AvgIpc) is 3.54. The summed E-state index contributed by atoms with van der Waals surface area (Å²) in [5.41, 5.74) is 3.11. The number of amides is 5. The summed E-state index contributed by atoms with van der Waals surface area (Å²) in [7, 11) is 1.24. The Kier molecular flexibility index (Phi) is 14.8. The predicted octanol–water partition coefficient (Wildman–Crippen LogP) is 5.77. The van der Waals surface area contributed by atoms with E-state index in [9.17, 15) is 24.3 Å². The van der Waals surface area contributed by atoms with Gasteiger partial charge in [0.05, 0.1) is 24.9 Å². The number of alkyl carbamates (subject to hydrolysis) is 1. The van der Waals surface area contributed by atoms with E-state index in [1.165, 1.54) is 7.11 Å². The maximum Gasteiger partial charge on any atom is 0.407 e. The van der Waals surface area contributed by atoms with Crippen LogP contribution in [-0.4, -0.2) is 99.3 Å². The molecule has 0 radical (unpaired) electrons. The van der Waals surface area contributed by atoms with Crippen molar-refractivity contribution >= 4 is 23.9 Å². The number of pyridine rings is 2. The molecular formula is C46H59N7O6. The number of benzene rings is 2. The van der Waals surface area contributed by atoms with Crippen LogP contribution in [0.5, 0.6) is 0 Å². The van der Waals surface area contributed by atoms with Crippen LogP contribution in [-0.2, 0) is 33.7 Å². The standard InChI is InChI=1S/C46H59N7O6/c1-45(2,3)39(51-43(57)59-7)41(55)49-35(26-32-18-20-34(21-19-32)36-17-11-12-23-48-36)28-38(54)37(27-31-14-9-8-10-15-31)50-42(56)40(46(4,5)6)53-25-24-52(44(53)58)30-33-16-13-22-47-29-33/h8-23,29,35,37-40,54H,24-28,30H2,1-7H3,(H,49,55)(H,50,56)(H,51,57). The van der Waals surface area contributed by atoms with E-state index in [1.54, 1.807) is 28.4 Å². The minimum absolute atomic E-state index is 0.0579. The summed E-state index contributed by atoms with van der Waals surface area (Å²) >= 11 is 0. The van der Waals surface area contributed by atoms with Crippen molar-refractivity contribution in [3.63, 3.8) is 0 Å². The van der Waals surface area contributed by atoms with Gasteiger partial charge in [0, 0.05) is 49.8 Å². The number of hydrogen-bond donors (Lipinski definition) is 4. The number of aromatic nitrogens is 2. The fraction of sp³-hybridized carbons (Fsp3) is 0.435. The molecule has 2 aromatic carbocycles. The lowest BCUT2D eigenvalue weighted by Gasteiger charge is -2.38. The highest BCUT2D eigenvalue weighted by atomic mass is 16.5. The summed E-state index contributed by atoms with van der Waals surface area (Å²) in [5, 5.41) is 21.2. The fourth-order valence-corrected chi connectivity index (χ4v) is 7.53. The van der Waals surface area contributed by atoms with Gasteiger partial charge < -0.3 is 35.6 Å². The molecule has 5 amide bonds. The summed E-state index contributed by atoms with van der Waals surface area (Å²) in [6, 6.07) is 23.4. The number of rotatable bonds is 16. The second kappa shape index (κ2) is 19.8. The van der Waals surface area contributed by atoms with Crippen molar-refractivity contribution < 1.29 is 29.0 Å². The summed E-state index contributed by atoms with van der Waals surface area (Å²) in [6.45, 7) is 12.5. The Bertz CT molecular complexity index is 1990. The minimum atomic E-state index is -1.14. The zero-order valence-electron chi connectivity index (χ0n) is 35.2. The number of carbonyl (C=O) groups is 4. The SMILES string of the molecule is COC(=O)NC(C(=O)NC(Cc1ccc(-c2ccccn2)cc1)CC(O)C(Cc1ccccc1)NC(=O)C(N1CCN(Cc2cccnc2)C1=O)C(C)(C)C)C(C)(C)C. The molecule has 5 unspecified atom stereocenters. The lowest BCUT2D eigenvalue weighted by Crippen LogP contribution is -2.59. The van der Waals surface area contributed by atoms with Gasteiger partial charge in [0.15, 0.2) is 0 Å². The number of nitrogens with zero attached hydrogens (tertiary/aromatic N) is 4. The van der Waals surface area contributed by atoms with Crippen LogP contribution in [0.4, 0.5) is 9.59 Å². The van der Waals surface area contributed by atoms with E-state index >= 15 is 0 Å². The third-order valence-electron chi connectivity index (χ3n) is 10.5. The van der Waals surface area contributed by atoms with Crippen molar-refractivity contribution in [1.29, 1.82) is 0 Å². The van der Waals surface area contributed by atoms with Crippen molar-refractivity contribution in [2.45, 2.75) is 97.6 Å². The largest absolute Gasteiger partial charge is 0.453 e. The Morgan fingerprint density at radius 1 is 0.763 bits per heavy atom. The van der Waals surface area contributed by atoms with Crippen LogP contribution in [0.2, 0.25) is 0 Å². The van der Waals surface area contributed by atoms with Gasteiger partial charge in [-0.25, -0.2) is 9.59 Å². The lowest BCUT2D eigenvalue weighted by atomic mass is 9.84. The summed E-state index contributed by atoms with van der Waals surface area (Å²) in [4.78, 5) is 66.8. The number of ether oxygens (including phenoxy) is 1. The van der Waals surface area contributed by atoms with E-state index in [1.807, 2.05) is 126 Å². The third kappa shape index (κ3) is 12.3. The quantitative estimate of drug-likeness (QED) is 0.111. The zero-order chi connectivity index (χ0) is 42.7. The Labute approximate surface area is 348 Å². The van der Waals surface area contributed by atoms with E-state index in [0.29, 0.717) is 32.5 Å². The molecule has 314 valence electrons. The lowest BCUT2D eigenvalue weighted by molar-refractivity contribution is -0.131. The second-order valence-electron chi connectivity index (χ2n) is 17.4. The van der Waals surface area contributed by atoms with E-state index < -0.39 is 53.1 Å². The molecule has 3 heterocycles. The molecule has 2 aromatic heterocycles. The van der Waals surface area contributed by atoms with Gasteiger partial charge in [0.1, 0.15) is 12.1 Å². The van der Waals surface area contributed by atoms with Gasteiger partial charge in [-0.2, -0.15) is 0 Å². The number of carbonyl (C=O) groups excluding carboxylic acids is 4. The molecular weight excluding hydrogens is 747 g/mol. The normalized spacial score (nSPS) is 15.8. The minimum Gasteiger partial charge on any atom is -0.453 e. The van der Waals surface area contributed by atoms with Crippen LogP contribution in [0.25, 0.3) is 11.3 Å². The van der Waals surface area contributed by atoms with Gasteiger partial charge in [0.2, 0.25) is 11.8 Å². The third-order valence-corrected chi connectivity index (χ3v) is 10.5. The van der Waals surface area contributed by atoms with Gasteiger partial charge >= 0.3 is 12.1 Å². The van der Waals surface area contributed by atoms with Gasteiger partial charge in [0.25, 0.3) is 0 Å². The number of hydrogen-bond acceptors (Lipinski definition) is 8. The average molecular weight is 806 g/mol. The number of aliphatic hydroxyl groups is 1. The topological polar surface area (TPSA) is 166 Å². The van der Waals surface area contributed by atoms with Crippen molar-refractivity contribution in [3.8, 4) is 11.3 Å². The predicted molar refractivity (Wildman–Crippen MR) is 227 cm³/mol. The van der Waals surface area contributed by atoms with Crippen molar-refractivity contribution in [2.75, 3.05) is 20.2 Å². The van der Waals surface area contributed by atoms with Crippen LogP contribution in [0.3, 0.4) is 0 Å². The highest BCUT2D eigenvalue weighted by molar-refractivity contribution is 5.89. The van der Waals surface area contributed by atoms with Crippen LogP contribution < -0.4 is 16.0 Å². The molecule has 5 rings (SSSR count). The molecule has 1 aliphatic rings. The summed E-state index contributed by atoms with van der Waals surface area (Å²) in [6.07, 6.45) is 3.96. The highest BCUT2D eigenvalue weighted by Gasteiger charge is 2.44. The molecule has 0 spiro atoms. The van der Waals surface area contributed by atoms with Crippen molar-refractivity contribution in [1.82, 2.24) is 35.7 Å². The van der Waals surface area contributed by atoms with Gasteiger partial charge in [-0.3, -0.25) is 19.6 Å². The van der Waals surface area contributed by atoms with Crippen LogP contribution in [0.15, 0.2) is 104 Å². The maximum atomic E-state index is 14.6. The van der Waals surface area contributed by atoms with E-state index in [-0.39, 0.29) is 18.4 Å². The Morgan fingerprint density at radius 2 is 1.44 bits per heavy atom. The Balaban J connectivity index is 1.42.